The van der Waals surface area contributed by atoms with Crippen LogP contribution in [-0.4, -0.2) is 23.3 Å². The van der Waals surface area contributed by atoms with Crippen molar-refractivity contribution in [3.05, 3.63) is 67.7 Å². The second-order valence-corrected chi connectivity index (χ2v) is 5.88. The van der Waals surface area contributed by atoms with E-state index in [-0.39, 0.29) is 22.8 Å². The van der Waals surface area contributed by atoms with Crippen LogP contribution in [0.25, 0.3) is 0 Å². The molecule has 0 fully saturated rings. The average Bonchev–Trinajstić information content (AvgIpc) is 2.56. The molecule has 25 heavy (non-hydrogen) atoms. The summed E-state index contributed by atoms with van der Waals surface area (Å²) >= 11 is 11.6. The van der Waals surface area contributed by atoms with Crippen LogP contribution >= 0.6 is 23.2 Å². The molecule has 0 spiro atoms. The Bertz CT molecular complexity index is 855. The van der Waals surface area contributed by atoms with Crippen molar-refractivity contribution in [2.45, 2.75) is 6.92 Å². The van der Waals surface area contributed by atoms with Crippen molar-refractivity contribution in [2.75, 3.05) is 11.9 Å². The standard InChI is InChI=1S/C16H13Cl2N3O4/c1-9-13(3-2-4-14(9)21(24)25)20-15(22)8-19-16(23)10-5-6-11(17)12(18)7-10/h2-7H,8H2,1H3,(H,19,23)(H,20,22). The van der Waals surface area contributed by atoms with E-state index in [0.29, 0.717) is 16.3 Å². The SMILES string of the molecule is Cc1c(NC(=O)CNC(=O)c2ccc(Cl)c(Cl)c2)cccc1[N+](=O)[O-]. The van der Waals surface area contributed by atoms with Gasteiger partial charge in [0.1, 0.15) is 0 Å². The molecule has 0 aliphatic heterocycles. The maximum Gasteiger partial charge on any atom is 0.274 e. The normalized spacial score (nSPS) is 10.2. The summed E-state index contributed by atoms with van der Waals surface area (Å²) < 4.78 is 0. The first-order chi connectivity index (χ1) is 11.8. The van der Waals surface area contributed by atoms with Crippen molar-refractivity contribution in [3.8, 4) is 0 Å². The van der Waals surface area contributed by atoms with E-state index in [4.69, 9.17) is 23.2 Å². The summed E-state index contributed by atoms with van der Waals surface area (Å²) in [4.78, 5) is 34.3. The lowest BCUT2D eigenvalue weighted by Gasteiger charge is -2.09. The molecular formula is C16H13Cl2N3O4. The highest BCUT2D eigenvalue weighted by Gasteiger charge is 2.15. The van der Waals surface area contributed by atoms with Gasteiger partial charge in [-0.05, 0) is 31.2 Å². The number of benzene rings is 2. The molecule has 0 aromatic heterocycles. The minimum absolute atomic E-state index is 0.0994. The van der Waals surface area contributed by atoms with Gasteiger partial charge in [0.15, 0.2) is 0 Å². The van der Waals surface area contributed by atoms with E-state index < -0.39 is 16.7 Å². The quantitative estimate of drug-likeness (QED) is 0.610. The molecule has 0 atom stereocenters. The van der Waals surface area contributed by atoms with E-state index in [1.807, 2.05) is 0 Å². The predicted molar refractivity (Wildman–Crippen MR) is 95.3 cm³/mol. The molecule has 2 N–H and O–H groups in total. The van der Waals surface area contributed by atoms with E-state index in [0.717, 1.165) is 0 Å². The third-order valence-electron chi connectivity index (χ3n) is 3.37. The molecule has 2 aromatic carbocycles. The second-order valence-electron chi connectivity index (χ2n) is 5.07. The summed E-state index contributed by atoms with van der Waals surface area (Å²) in [6, 6.07) is 8.70. The summed E-state index contributed by atoms with van der Waals surface area (Å²) in [5, 5.41) is 16.4. The smallest absolute Gasteiger partial charge is 0.274 e. The summed E-state index contributed by atoms with van der Waals surface area (Å²) in [6.45, 7) is 1.23. The van der Waals surface area contributed by atoms with Crippen LogP contribution < -0.4 is 10.6 Å². The third-order valence-corrected chi connectivity index (χ3v) is 4.11. The lowest BCUT2D eigenvalue weighted by molar-refractivity contribution is -0.385. The Hall–Kier alpha value is -2.64. The number of anilines is 1. The lowest BCUT2D eigenvalue weighted by Crippen LogP contribution is -2.33. The number of hydrogen-bond donors (Lipinski definition) is 2. The van der Waals surface area contributed by atoms with Gasteiger partial charge in [-0.1, -0.05) is 29.3 Å². The molecule has 2 rings (SSSR count). The number of rotatable bonds is 5. The first kappa shape index (κ1) is 18.7. The Kier molecular flexibility index (Phi) is 5.95. The Morgan fingerprint density at radius 1 is 1.16 bits per heavy atom. The first-order valence-electron chi connectivity index (χ1n) is 7.06. The van der Waals surface area contributed by atoms with Crippen molar-refractivity contribution in [1.82, 2.24) is 5.32 Å². The predicted octanol–water partition coefficient (Wildman–Crippen LogP) is 3.58. The summed E-state index contributed by atoms with van der Waals surface area (Å²) in [6.07, 6.45) is 0. The van der Waals surface area contributed by atoms with Crippen molar-refractivity contribution in [1.29, 1.82) is 0 Å². The summed E-state index contributed by atoms with van der Waals surface area (Å²) in [5.41, 5.74) is 0.797. The highest BCUT2D eigenvalue weighted by molar-refractivity contribution is 6.42. The van der Waals surface area contributed by atoms with Crippen molar-refractivity contribution >= 4 is 46.4 Å². The van der Waals surface area contributed by atoms with Crippen molar-refractivity contribution < 1.29 is 14.5 Å². The van der Waals surface area contributed by atoms with Crippen LogP contribution in [0.1, 0.15) is 15.9 Å². The van der Waals surface area contributed by atoms with Gasteiger partial charge in [-0.15, -0.1) is 0 Å². The number of amides is 2. The molecule has 0 heterocycles. The number of halogens is 2. The first-order valence-corrected chi connectivity index (χ1v) is 7.82. The maximum absolute atomic E-state index is 12.0. The van der Waals surface area contributed by atoms with Gasteiger partial charge in [-0.2, -0.15) is 0 Å². The zero-order chi connectivity index (χ0) is 18.6. The monoisotopic (exact) mass is 381 g/mol. The van der Waals surface area contributed by atoms with Crippen LogP contribution in [0.4, 0.5) is 11.4 Å². The number of nitrogens with zero attached hydrogens (tertiary/aromatic N) is 1. The molecule has 130 valence electrons. The van der Waals surface area contributed by atoms with Gasteiger partial charge in [0.25, 0.3) is 11.6 Å². The minimum atomic E-state index is -0.531. The Balaban J connectivity index is 1.99. The Labute approximate surface area is 153 Å². The van der Waals surface area contributed by atoms with Gasteiger partial charge in [-0.3, -0.25) is 19.7 Å². The molecule has 0 saturated carbocycles. The van der Waals surface area contributed by atoms with Crippen LogP contribution in [0.3, 0.4) is 0 Å². The van der Waals surface area contributed by atoms with E-state index in [2.05, 4.69) is 10.6 Å². The van der Waals surface area contributed by atoms with Gasteiger partial charge in [0, 0.05) is 11.6 Å². The Morgan fingerprint density at radius 3 is 2.52 bits per heavy atom. The number of nitrogens with one attached hydrogen (secondary N) is 2. The summed E-state index contributed by atoms with van der Waals surface area (Å²) in [7, 11) is 0. The number of carbonyl (C=O) groups excluding carboxylic acids is 2. The van der Waals surface area contributed by atoms with Crippen molar-refractivity contribution in [2.24, 2.45) is 0 Å². The van der Waals surface area contributed by atoms with Gasteiger partial charge < -0.3 is 10.6 Å². The molecule has 0 aliphatic rings. The topological polar surface area (TPSA) is 101 Å². The van der Waals surface area contributed by atoms with Gasteiger partial charge in [0.05, 0.1) is 32.8 Å². The van der Waals surface area contributed by atoms with Crippen molar-refractivity contribution in [3.63, 3.8) is 0 Å². The average molecular weight is 382 g/mol. The van der Waals surface area contributed by atoms with Crippen LogP contribution in [0, 0.1) is 17.0 Å². The molecule has 0 saturated heterocycles. The molecule has 2 aromatic rings. The third kappa shape index (κ3) is 4.68. The fourth-order valence-corrected chi connectivity index (χ4v) is 2.35. The highest BCUT2D eigenvalue weighted by Crippen LogP contribution is 2.25. The highest BCUT2D eigenvalue weighted by atomic mass is 35.5. The maximum atomic E-state index is 12.0. The molecule has 7 nitrogen and oxygen atoms in total. The molecule has 0 radical (unpaired) electrons. The molecule has 0 unspecified atom stereocenters. The van der Waals surface area contributed by atoms with Crippen LogP contribution in [0.5, 0.6) is 0 Å². The van der Waals surface area contributed by atoms with E-state index in [1.54, 1.807) is 6.07 Å². The van der Waals surface area contributed by atoms with E-state index in [9.17, 15) is 19.7 Å². The zero-order valence-electron chi connectivity index (χ0n) is 13.0. The molecule has 2 amide bonds. The number of nitro groups is 1. The van der Waals surface area contributed by atoms with Crippen LogP contribution in [0.15, 0.2) is 36.4 Å². The van der Waals surface area contributed by atoms with Gasteiger partial charge in [-0.25, -0.2) is 0 Å². The molecular weight excluding hydrogens is 369 g/mol. The number of nitro benzene ring substituents is 1. The number of hydrogen-bond acceptors (Lipinski definition) is 4. The second kappa shape index (κ2) is 7.96. The summed E-state index contributed by atoms with van der Waals surface area (Å²) in [5.74, 6) is -1.01. The zero-order valence-corrected chi connectivity index (χ0v) is 14.5. The largest absolute Gasteiger partial charge is 0.343 e. The lowest BCUT2D eigenvalue weighted by atomic mass is 10.1. The van der Waals surface area contributed by atoms with E-state index >= 15 is 0 Å². The van der Waals surface area contributed by atoms with Crippen LogP contribution in [-0.2, 0) is 4.79 Å². The fraction of sp³-hybridized carbons (Fsp3) is 0.125. The van der Waals surface area contributed by atoms with Gasteiger partial charge >= 0.3 is 0 Å². The molecule has 9 heteroatoms. The molecule has 0 bridgehead atoms. The Morgan fingerprint density at radius 2 is 1.88 bits per heavy atom. The van der Waals surface area contributed by atoms with Gasteiger partial charge in [0.2, 0.25) is 5.91 Å². The number of carbonyl (C=O) groups is 2. The van der Waals surface area contributed by atoms with Crippen LogP contribution in [0.2, 0.25) is 10.0 Å². The van der Waals surface area contributed by atoms with E-state index in [1.165, 1.54) is 37.3 Å². The molecule has 0 aliphatic carbocycles. The fourth-order valence-electron chi connectivity index (χ4n) is 2.05. The minimum Gasteiger partial charge on any atom is -0.343 e.